The Morgan fingerprint density at radius 3 is 0.365 bits per heavy atom. The van der Waals surface area contributed by atoms with Gasteiger partial charge in [0.15, 0.2) is 0 Å². The molecule has 0 N–H and O–H groups in total. The Labute approximate surface area is 592 Å². The van der Waals surface area contributed by atoms with Crippen molar-refractivity contribution in [3.8, 4) is 0 Å². The first-order chi connectivity index (χ1) is 45.3. The number of methoxy groups -OCH3 is 9. The Balaban J connectivity index is -0.0000000833. The number of hydrogen-bond acceptors (Lipinski definition) is 21. The Morgan fingerprint density at radius 1 is 0.177 bits per heavy atom. The Hall–Kier alpha value is -3.18. The minimum Gasteiger partial charge on any atom is -0.382 e. The van der Waals surface area contributed by atoms with Crippen LogP contribution in [0.25, 0.3) is 0 Å². The molecule has 0 fully saturated rings. The van der Waals surface area contributed by atoms with E-state index >= 15 is 0 Å². The van der Waals surface area contributed by atoms with Gasteiger partial charge in [-0.1, -0.05) is 186 Å². The predicted molar refractivity (Wildman–Crippen MR) is 402 cm³/mol. The lowest BCUT2D eigenvalue weighted by Crippen LogP contribution is -2.12. The van der Waals surface area contributed by atoms with Crippen molar-refractivity contribution >= 4 is 0 Å². The smallest absolute Gasteiger partial charge is 0.0701 e. The first-order valence-corrected chi connectivity index (χ1v) is 32.6. The van der Waals surface area contributed by atoms with Crippen molar-refractivity contribution in [1.29, 1.82) is 0 Å². The van der Waals surface area contributed by atoms with Gasteiger partial charge >= 0.3 is 0 Å². The molecule has 0 unspecified atom stereocenters. The molecule has 0 aliphatic carbocycles. The van der Waals surface area contributed by atoms with Gasteiger partial charge < -0.3 is 99.5 Å². The van der Waals surface area contributed by atoms with E-state index in [9.17, 15) is 0 Å². The molecule has 3 aromatic carbocycles. The molecule has 0 aliphatic heterocycles. The van der Waals surface area contributed by atoms with Gasteiger partial charge in [-0.3, -0.25) is 0 Å². The zero-order valence-electron chi connectivity index (χ0n) is 61.8. The lowest BCUT2D eigenvalue weighted by Gasteiger charge is -2.06. The van der Waals surface area contributed by atoms with Gasteiger partial charge in [-0.05, 0) is 27.2 Å². The van der Waals surface area contributed by atoms with Crippen LogP contribution in [0.1, 0.15) is 101 Å². The second-order valence-electron chi connectivity index (χ2n) is 17.2. The van der Waals surface area contributed by atoms with Gasteiger partial charge in [0.05, 0.1) is 211 Å². The third kappa shape index (κ3) is 146. The van der Waals surface area contributed by atoms with E-state index in [4.69, 9.17) is 99.5 Å². The van der Waals surface area contributed by atoms with Gasteiger partial charge in [-0.25, -0.2) is 0 Å². The zero-order chi connectivity index (χ0) is 70.2. The number of hydrogen-bond donors (Lipinski definition) is 0. The van der Waals surface area contributed by atoms with Crippen LogP contribution in [0.15, 0.2) is 91.0 Å². The molecule has 0 atom stereocenters. The van der Waals surface area contributed by atoms with E-state index in [0.29, 0.717) is 211 Å². The lowest BCUT2D eigenvalue weighted by molar-refractivity contribution is -0.00380. The van der Waals surface area contributed by atoms with E-state index in [-0.39, 0.29) is 29.7 Å². The molecule has 0 heterocycles. The topological polar surface area (TPSA) is 194 Å². The number of rotatable bonds is 50. The van der Waals surface area contributed by atoms with Gasteiger partial charge in [0.1, 0.15) is 0 Å². The number of ether oxygens (including phenoxy) is 21. The molecule has 0 amide bonds. The van der Waals surface area contributed by atoms with Crippen LogP contribution < -0.4 is 0 Å². The van der Waals surface area contributed by atoms with Crippen molar-refractivity contribution in [2.45, 2.75) is 105 Å². The van der Waals surface area contributed by atoms with Gasteiger partial charge in [0.2, 0.25) is 0 Å². The monoisotopic (exact) mass is 1390 g/mol. The maximum atomic E-state index is 5.27. The fraction of sp³-hybridized carbons (Fsp3) is 0.760. The highest BCUT2D eigenvalue weighted by Gasteiger charge is 1.94. The van der Waals surface area contributed by atoms with Crippen LogP contribution in [0, 0.1) is 20.8 Å². The van der Waals surface area contributed by atoms with E-state index in [0.717, 1.165) is 13.0 Å². The molecule has 96 heavy (non-hydrogen) atoms. The molecule has 0 radical (unpaired) electrons. The van der Waals surface area contributed by atoms with Gasteiger partial charge in [0.25, 0.3) is 0 Å². The third-order valence-electron chi connectivity index (χ3n) is 9.66. The van der Waals surface area contributed by atoms with Crippen molar-refractivity contribution in [2.75, 3.05) is 282 Å². The second kappa shape index (κ2) is 132. The normalized spacial score (nSPS) is 9.28. The number of aryl methyl sites for hydroxylation is 3. The Morgan fingerprint density at radius 2 is 0.281 bits per heavy atom. The Kier molecular flexibility index (Phi) is 164. The van der Waals surface area contributed by atoms with Crippen molar-refractivity contribution < 1.29 is 99.5 Å². The highest BCUT2D eigenvalue weighted by molar-refractivity contribution is 5.13. The molecular formula is C75H156O21. The average molecular weight is 1390 g/mol. The molecule has 3 rings (SSSR count). The first kappa shape index (κ1) is 120. The zero-order valence-corrected chi connectivity index (χ0v) is 61.8. The van der Waals surface area contributed by atoms with Crippen LogP contribution in [-0.4, -0.2) is 282 Å². The highest BCUT2D eigenvalue weighted by atomic mass is 16.6. The van der Waals surface area contributed by atoms with Gasteiger partial charge in [-0.2, -0.15) is 0 Å². The lowest BCUT2D eigenvalue weighted by atomic mass is 10.2. The van der Waals surface area contributed by atoms with Crippen LogP contribution in [-0.2, 0) is 99.5 Å². The summed E-state index contributed by atoms with van der Waals surface area (Å²) in [5.74, 6) is 0. The van der Waals surface area contributed by atoms with Crippen molar-refractivity contribution in [1.82, 2.24) is 0 Å². The molecule has 0 saturated heterocycles. The fourth-order valence-electron chi connectivity index (χ4n) is 5.08. The molecule has 21 heteroatoms. The second-order valence-corrected chi connectivity index (χ2v) is 17.2. The van der Waals surface area contributed by atoms with E-state index < -0.39 is 0 Å². The molecule has 0 aliphatic rings. The fourth-order valence-corrected chi connectivity index (χ4v) is 5.08. The van der Waals surface area contributed by atoms with Crippen LogP contribution in [0.2, 0.25) is 0 Å². The molecule has 0 saturated carbocycles. The predicted octanol–water partition coefficient (Wildman–Crippen LogP) is 14.0. The molecule has 0 bridgehead atoms. The standard InChI is InChI=1S/C10H22O5.C10H22O4.3C8H18O4.3C7H8.3C2H6.4CH4/c1-11-3-5-13-7-9-15-10-8-14-6-4-12-2;1-3-4-12-7-8-14-10-9-13-6-5-11-2;3*1-9-3-5-11-7-8-12-6-4-10-2;3*1-7-5-3-2-4-6-7;3*1-2;;;;/h3-10H2,1-2H3;3-10H2,1-2H3;3*3-8H2,1-2H3;3*2-6H,1H3;3*1-2H3;4*1H4. The maximum Gasteiger partial charge on any atom is 0.0701 e. The highest BCUT2D eigenvalue weighted by Crippen LogP contribution is 1.94. The van der Waals surface area contributed by atoms with Crippen molar-refractivity contribution in [3.63, 3.8) is 0 Å². The maximum absolute atomic E-state index is 5.27. The number of benzene rings is 3. The van der Waals surface area contributed by atoms with E-state index in [2.05, 4.69) is 64.1 Å². The minimum absolute atomic E-state index is 0. The molecule has 0 aromatic heterocycles. The summed E-state index contributed by atoms with van der Waals surface area (Å²) < 4.78 is 106. The van der Waals surface area contributed by atoms with E-state index in [1.165, 1.54) is 16.7 Å². The summed E-state index contributed by atoms with van der Waals surface area (Å²) in [6, 6.07) is 30.8. The quantitative estimate of drug-likeness (QED) is 0.0484. The summed E-state index contributed by atoms with van der Waals surface area (Å²) in [6.07, 6.45) is 1.06. The van der Waals surface area contributed by atoms with Crippen molar-refractivity contribution in [3.05, 3.63) is 108 Å². The van der Waals surface area contributed by atoms with Crippen LogP contribution in [0.5, 0.6) is 0 Å². The van der Waals surface area contributed by atoms with Crippen LogP contribution in [0.4, 0.5) is 0 Å². The molecule has 582 valence electrons. The van der Waals surface area contributed by atoms with E-state index in [1.54, 1.807) is 64.0 Å². The summed E-state index contributed by atoms with van der Waals surface area (Å²) in [6.45, 7) is 41.2. The van der Waals surface area contributed by atoms with Crippen LogP contribution >= 0.6 is 0 Å². The molecule has 0 spiro atoms. The largest absolute Gasteiger partial charge is 0.382 e. The summed E-state index contributed by atoms with van der Waals surface area (Å²) in [5.41, 5.74) is 3.97. The third-order valence-corrected chi connectivity index (χ3v) is 9.66. The van der Waals surface area contributed by atoms with Gasteiger partial charge in [-0.15, -0.1) is 0 Å². The summed E-state index contributed by atoms with van der Waals surface area (Å²) in [5, 5.41) is 0. The first-order valence-electron chi connectivity index (χ1n) is 32.6. The van der Waals surface area contributed by atoms with Crippen molar-refractivity contribution in [2.24, 2.45) is 0 Å². The minimum atomic E-state index is 0. The van der Waals surface area contributed by atoms with Crippen LogP contribution in [0.3, 0.4) is 0 Å². The average Bonchev–Trinajstić information content (AvgIpc) is 3.82. The molecular weight excluding hydrogens is 1240 g/mol. The molecule has 21 nitrogen and oxygen atoms in total. The molecule has 3 aromatic rings. The summed E-state index contributed by atoms with van der Waals surface area (Å²) in [7, 11) is 14.9. The van der Waals surface area contributed by atoms with Gasteiger partial charge in [0, 0.05) is 70.6 Å². The van der Waals surface area contributed by atoms with E-state index in [1.807, 2.05) is 96.1 Å². The summed E-state index contributed by atoms with van der Waals surface area (Å²) >= 11 is 0. The summed E-state index contributed by atoms with van der Waals surface area (Å²) in [4.78, 5) is 0. The SMILES string of the molecule is C.C.C.C.CC.CC.CC.CCCOCCOCCOCCOC.COCCOCCOCCOC.COCCOCCOCCOC.COCCOCCOCCOC.COCCOCCOCCOCCOC.Cc1ccccc1.Cc1ccccc1.Cc1ccccc1. The Bertz CT molecular complexity index is 1310.